The van der Waals surface area contributed by atoms with Crippen LogP contribution in [0, 0.1) is 0 Å². The first-order valence-corrected chi connectivity index (χ1v) is 5.95. The first-order chi connectivity index (χ1) is 8.15. The number of hydrogen-bond donors (Lipinski definition) is 1. The number of nitrogens with zero attached hydrogens (tertiary/aromatic N) is 1. The second-order valence-electron chi connectivity index (χ2n) is 3.93. The van der Waals surface area contributed by atoms with E-state index >= 15 is 0 Å². The molecule has 0 bridgehead atoms. The topological polar surface area (TPSA) is 66.5 Å². The van der Waals surface area contributed by atoms with E-state index in [1.165, 1.54) is 17.1 Å². The van der Waals surface area contributed by atoms with Crippen LogP contribution in [-0.4, -0.2) is 35.7 Å². The molecule has 0 aromatic carbocycles. The summed E-state index contributed by atoms with van der Waals surface area (Å²) in [6, 6.07) is 0. The van der Waals surface area contributed by atoms with Gasteiger partial charge in [-0.3, -0.25) is 19.3 Å². The van der Waals surface area contributed by atoms with Gasteiger partial charge in [-0.2, -0.15) is 0 Å². The molecule has 0 aromatic heterocycles. The van der Waals surface area contributed by atoms with Gasteiger partial charge in [-0.1, -0.05) is 6.42 Å². The van der Waals surface area contributed by atoms with Crippen LogP contribution >= 0.6 is 0 Å². The van der Waals surface area contributed by atoms with Crippen LogP contribution < -0.4 is 5.32 Å². The molecule has 0 atom stereocenters. The van der Waals surface area contributed by atoms with Crippen molar-refractivity contribution in [1.29, 1.82) is 0 Å². The Morgan fingerprint density at radius 2 is 1.82 bits per heavy atom. The van der Waals surface area contributed by atoms with E-state index in [2.05, 4.69) is 5.32 Å². The Labute approximate surface area is 101 Å². The van der Waals surface area contributed by atoms with Gasteiger partial charge in [-0.05, 0) is 19.8 Å². The summed E-state index contributed by atoms with van der Waals surface area (Å²) in [5.74, 6) is -0.417. The molecule has 0 spiro atoms. The minimum absolute atomic E-state index is 0.0579. The summed E-state index contributed by atoms with van der Waals surface area (Å²) in [7, 11) is 0. The molecule has 0 saturated carbocycles. The molecule has 0 aromatic rings. The van der Waals surface area contributed by atoms with Gasteiger partial charge in [0.25, 0.3) is 11.8 Å². The highest BCUT2D eigenvalue weighted by molar-refractivity contribution is 6.12. The van der Waals surface area contributed by atoms with Gasteiger partial charge in [-0.25, -0.2) is 0 Å². The number of carbonyl (C=O) groups is 3. The molecule has 1 N–H and O–H groups in total. The molecule has 5 heteroatoms. The molecule has 1 rings (SSSR count). The van der Waals surface area contributed by atoms with Gasteiger partial charge in [0.2, 0.25) is 5.91 Å². The molecule has 1 heterocycles. The Morgan fingerprint density at radius 3 is 2.41 bits per heavy atom. The fourth-order valence-corrected chi connectivity index (χ4v) is 1.67. The average Bonchev–Trinajstić information content (AvgIpc) is 2.60. The number of nitrogens with one attached hydrogen (secondary N) is 1. The molecular weight excluding hydrogens is 220 g/mol. The molecule has 0 radical (unpaired) electrons. The van der Waals surface area contributed by atoms with E-state index in [9.17, 15) is 14.4 Å². The predicted molar refractivity (Wildman–Crippen MR) is 63.0 cm³/mol. The number of amides is 3. The van der Waals surface area contributed by atoms with E-state index in [1.54, 1.807) is 0 Å². The Hall–Kier alpha value is -1.65. The Bertz CT molecular complexity index is 319. The van der Waals surface area contributed by atoms with Crippen molar-refractivity contribution in [3.05, 3.63) is 12.2 Å². The smallest absolute Gasteiger partial charge is 0.253 e. The van der Waals surface area contributed by atoms with Gasteiger partial charge in [0.15, 0.2) is 0 Å². The highest BCUT2D eigenvalue weighted by Gasteiger charge is 2.22. The fraction of sp³-hybridized carbons (Fsp3) is 0.583. The van der Waals surface area contributed by atoms with Gasteiger partial charge < -0.3 is 5.32 Å². The molecule has 0 aliphatic carbocycles. The Kier molecular flexibility index (Phi) is 5.39. The standard InChI is InChI=1S/C12H18N2O3/c1-2-13-10(15)6-4-3-5-9-14-11(16)7-8-12(14)17/h7-8H,2-6,9H2,1H3,(H,13,15). The zero-order valence-electron chi connectivity index (χ0n) is 10.1. The zero-order chi connectivity index (χ0) is 12.7. The maximum Gasteiger partial charge on any atom is 0.253 e. The minimum Gasteiger partial charge on any atom is -0.356 e. The molecule has 0 fully saturated rings. The minimum atomic E-state index is -0.237. The summed E-state index contributed by atoms with van der Waals surface area (Å²) in [6.45, 7) is 2.98. The van der Waals surface area contributed by atoms with E-state index in [-0.39, 0.29) is 17.7 Å². The number of carbonyl (C=O) groups excluding carboxylic acids is 3. The van der Waals surface area contributed by atoms with Gasteiger partial charge in [0.1, 0.15) is 0 Å². The maximum absolute atomic E-state index is 11.2. The second kappa shape index (κ2) is 6.83. The molecule has 0 saturated heterocycles. The predicted octanol–water partition coefficient (Wildman–Crippen LogP) is 0.608. The highest BCUT2D eigenvalue weighted by atomic mass is 16.2. The monoisotopic (exact) mass is 238 g/mol. The summed E-state index contributed by atoms with van der Waals surface area (Å²) in [5, 5.41) is 2.72. The lowest BCUT2D eigenvalue weighted by molar-refractivity contribution is -0.136. The first-order valence-electron chi connectivity index (χ1n) is 5.95. The fourth-order valence-electron chi connectivity index (χ4n) is 1.67. The maximum atomic E-state index is 11.2. The molecular formula is C12H18N2O3. The molecule has 17 heavy (non-hydrogen) atoms. The van der Waals surface area contributed by atoms with Gasteiger partial charge in [-0.15, -0.1) is 0 Å². The number of hydrogen-bond acceptors (Lipinski definition) is 3. The van der Waals surface area contributed by atoms with Crippen LogP contribution in [-0.2, 0) is 14.4 Å². The summed E-state index contributed by atoms with van der Waals surface area (Å²) in [5.41, 5.74) is 0. The second-order valence-corrected chi connectivity index (χ2v) is 3.93. The van der Waals surface area contributed by atoms with Crippen molar-refractivity contribution < 1.29 is 14.4 Å². The lowest BCUT2D eigenvalue weighted by Crippen LogP contribution is -2.30. The molecule has 1 aliphatic heterocycles. The van der Waals surface area contributed by atoms with Crippen molar-refractivity contribution in [2.75, 3.05) is 13.1 Å². The van der Waals surface area contributed by atoms with E-state index in [4.69, 9.17) is 0 Å². The van der Waals surface area contributed by atoms with Gasteiger partial charge in [0.05, 0.1) is 0 Å². The molecule has 1 aliphatic rings. The van der Waals surface area contributed by atoms with Crippen molar-refractivity contribution in [1.82, 2.24) is 10.2 Å². The average molecular weight is 238 g/mol. The third-order valence-electron chi connectivity index (χ3n) is 2.56. The third-order valence-corrected chi connectivity index (χ3v) is 2.56. The largest absolute Gasteiger partial charge is 0.356 e. The van der Waals surface area contributed by atoms with Crippen molar-refractivity contribution in [2.24, 2.45) is 0 Å². The lowest BCUT2D eigenvalue weighted by Gasteiger charge is -2.12. The highest BCUT2D eigenvalue weighted by Crippen LogP contribution is 2.07. The van der Waals surface area contributed by atoms with Crippen LogP contribution in [0.3, 0.4) is 0 Å². The van der Waals surface area contributed by atoms with Crippen molar-refractivity contribution in [2.45, 2.75) is 32.6 Å². The van der Waals surface area contributed by atoms with E-state index in [1.807, 2.05) is 6.92 Å². The third kappa shape index (κ3) is 4.38. The van der Waals surface area contributed by atoms with Crippen LogP contribution in [0.25, 0.3) is 0 Å². The van der Waals surface area contributed by atoms with Crippen molar-refractivity contribution >= 4 is 17.7 Å². The quantitative estimate of drug-likeness (QED) is 0.522. The normalized spacial score (nSPS) is 14.5. The SMILES string of the molecule is CCNC(=O)CCCCCN1C(=O)C=CC1=O. The Balaban J connectivity index is 2.07. The molecule has 5 nitrogen and oxygen atoms in total. The van der Waals surface area contributed by atoms with Crippen LogP contribution in [0.15, 0.2) is 12.2 Å². The van der Waals surface area contributed by atoms with E-state index in [0.29, 0.717) is 19.5 Å². The lowest BCUT2D eigenvalue weighted by atomic mass is 10.2. The zero-order valence-corrected chi connectivity index (χ0v) is 10.1. The van der Waals surface area contributed by atoms with E-state index < -0.39 is 0 Å². The summed E-state index contributed by atoms with van der Waals surface area (Å²) < 4.78 is 0. The van der Waals surface area contributed by atoms with Crippen LogP contribution in [0.5, 0.6) is 0 Å². The van der Waals surface area contributed by atoms with Crippen LogP contribution in [0.2, 0.25) is 0 Å². The van der Waals surface area contributed by atoms with Crippen LogP contribution in [0.1, 0.15) is 32.6 Å². The summed E-state index contributed by atoms with van der Waals surface area (Å²) in [6.07, 6.45) is 5.46. The van der Waals surface area contributed by atoms with Gasteiger partial charge >= 0.3 is 0 Å². The molecule has 94 valence electrons. The number of imide groups is 1. The number of rotatable bonds is 7. The first kappa shape index (κ1) is 13.4. The van der Waals surface area contributed by atoms with E-state index in [0.717, 1.165) is 19.3 Å². The summed E-state index contributed by atoms with van der Waals surface area (Å²) >= 11 is 0. The number of unbranched alkanes of at least 4 members (excludes halogenated alkanes) is 2. The van der Waals surface area contributed by atoms with Gasteiger partial charge in [0, 0.05) is 31.7 Å². The molecule has 3 amide bonds. The summed E-state index contributed by atoms with van der Waals surface area (Å²) in [4.78, 5) is 34.7. The Morgan fingerprint density at radius 1 is 1.18 bits per heavy atom. The molecule has 0 unspecified atom stereocenters. The van der Waals surface area contributed by atoms with Crippen molar-refractivity contribution in [3.63, 3.8) is 0 Å². The van der Waals surface area contributed by atoms with Crippen LogP contribution in [0.4, 0.5) is 0 Å². The van der Waals surface area contributed by atoms with Crippen molar-refractivity contribution in [3.8, 4) is 0 Å².